The predicted molar refractivity (Wildman–Crippen MR) is 334 cm³/mol. The number of nitrogens with zero attached hydrogens (tertiary/aromatic N) is 9. The molecule has 10 amide bonds. The number of nitrogens with one attached hydrogen (secondary N) is 2. The summed E-state index contributed by atoms with van der Waals surface area (Å²) in [5.41, 5.74) is -2.39. The van der Waals surface area contributed by atoms with E-state index in [0.29, 0.717) is 37.7 Å². The fourth-order valence-corrected chi connectivity index (χ4v) is 13.1. The first-order valence-corrected chi connectivity index (χ1v) is 32.4. The van der Waals surface area contributed by atoms with Crippen molar-refractivity contribution in [2.24, 2.45) is 17.8 Å². The number of aliphatic hydroxyl groups excluding tert-OH is 1. The summed E-state index contributed by atoms with van der Waals surface area (Å²) in [4.78, 5) is 158. The third-order valence-electron chi connectivity index (χ3n) is 20.2. The topological polar surface area (TPSA) is 244 Å². The van der Waals surface area contributed by atoms with E-state index in [1.54, 1.807) is 34.7 Å². The zero-order chi connectivity index (χ0) is 67.8. The molecule has 22 nitrogen and oxygen atoms in total. The molecule has 1 aromatic rings. The maximum Gasteiger partial charge on any atom is 0.417 e. The number of likely N-dealkylation sites (N-methyl/N-ethyl adjacent to an activating group) is 7. The van der Waals surface area contributed by atoms with Gasteiger partial charge in [-0.15, -0.1) is 0 Å². The van der Waals surface area contributed by atoms with Gasteiger partial charge in [-0.3, -0.25) is 52.8 Å². The molecule has 1 aliphatic carbocycles. The normalized spacial score (nSPS) is 29.2. The van der Waals surface area contributed by atoms with Gasteiger partial charge in [-0.25, -0.2) is 0 Å². The average Bonchev–Trinajstić information content (AvgIpc) is 1.35. The Balaban J connectivity index is 1.56. The van der Waals surface area contributed by atoms with Crippen LogP contribution in [0.4, 0.5) is 13.2 Å². The smallest absolute Gasteiger partial charge is 0.376 e. The van der Waals surface area contributed by atoms with Crippen molar-refractivity contribution in [3.8, 4) is 0 Å². The molecule has 3 heterocycles. The highest BCUT2D eigenvalue weighted by molar-refractivity contribution is 6.31. The highest BCUT2D eigenvalue weighted by atomic mass is 35.5. The van der Waals surface area contributed by atoms with Gasteiger partial charge in [0, 0.05) is 67.8 Å². The minimum absolute atomic E-state index is 0.0572. The second-order valence-corrected chi connectivity index (χ2v) is 26.9. The molecule has 0 spiro atoms. The number of carbonyl (C=O) groups excluding carboxylic acids is 10. The van der Waals surface area contributed by atoms with E-state index in [-0.39, 0.29) is 44.7 Å². The quantitative estimate of drug-likeness (QED) is 0.296. The lowest BCUT2D eigenvalue weighted by atomic mass is 9.84. The van der Waals surface area contributed by atoms with Gasteiger partial charge in [0.1, 0.15) is 48.0 Å². The number of carbonyl (C=O) groups is 10. The van der Waals surface area contributed by atoms with Gasteiger partial charge in [-0.05, 0) is 116 Å². The molecule has 0 radical (unpaired) electrons. The van der Waals surface area contributed by atoms with Crippen molar-refractivity contribution in [1.82, 2.24) is 54.7 Å². The number of alkyl halides is 3. The number of hydrogen-bond acceptors (Lipinski definition) is 12. The first kappa shape index (κ1) is 74.6. The number of aryl methyl sites for hydroxylation is 1. The van der Waals surface area contributed by atoms with Crippen molar-refractivity contribution in [3.63, 3.8) is 0 Å². The fraction of sp³-hybridized carbons (Fsp3) is 0.750. The summed E-state index contributed by atoms with van der Waals surface area (Å²) >= 11 is 6.12. The van der Waals surface area contributed by atoms with Crippen LogP contribution in [0.15, 0.2) is 18.2 Å². The van der Waals surface area contributed by atoms with Crippen molar-refractivity contribution >= 4 is 70.7 Å². The van der Waals surface area contributed by atoms with E-state index in [1.165, 1.54) is 113 Å². The largest absolute Gasteiger partial charge is 0.417 e. The number of aliphatic hydroxyl groups is 1. The summed E-state index contributed by atoms with van der Waals surface area (Å²) in [6.45, 7) is 14.8. The van der Waals surface area contributed by atoms with Crippen LogP contribution < -0.4 is 10.6 Å². The average molecular weight is 1290 g/mol. The molecule has 3 N–H and O–H groups in total. The highest BCUT2D eigenvalue weighted by Gasteiger charge is 2.49. The van der Waals surface area contributed by atoms with Crippen LogP contribution in [0.1, 0.15) is 157 Å². The maximum atomic E-state index is 15.0. The van der Waals surface area contributed by atoms with E-state index < -0.39 is 160 Å². The van der Waals surface area contributed by atoms with Gasteiger partial charge < -0.3 is 54.9 Å². The van der Waals surface area contributed by atoms with Crippen LogP contribution in [0.3, 0.4) is 0 Å². The molecule has 90 heavy (non-hydrogen) atoms. The number of rotatable bonds is 9. The SMILES string of the molecule is CCC(C)[C@@H]1NC(=O)[C@H](C)N(C)C(=O)C[C@@H](C)N(C)C(=O)[C@H]([C@@H](C)CC)N(C)C(=O)C(C)(C)N(C)C(=O)[C@@H]2CCCN2C(=O)[C@H](CCc2ccc(C(F)(F)F)c(Cl)c2)NC(=O)CN(C)C(=O)[C@H](CC2CCCCC2)N(C)C(O)[C@@H]2CCN2C(=O)[C@H](C)N(C)C1=O. The monoisotopic (exact) mass is 1290 g/mol. The molecule has 506 valence electrons. The lowest BCUT2D eigenvalue weighted by molar-refractivity contribution is -0.165. The molecule has 4 aliphatic rings. The molecule has 26 heteroatoms. The number of amides is 10. The molecule has 5 rings (SSSR count). The second-order valence-electron chi connectivity index (χ2n) is 26.5. The van der Waals surface area contributed by atoms with Crippen LogP contribution in [0.25, 0.3) is 0 Å². The lowest BCUT2D eigenvalue weighted by Crippen LogP contribution is -2.66. The van der Waals surface area contributed by atoms with Crippen LogP contribution in [-0.2, 0) is 60.5 Å². The number of hydrogen-bond donors (Lipinski definition) is 3. The van der Waals surface area contributed by atoms with Crippen molar-refractivity contribution in [2.45, 2.75) is 225 Å². The van der Waals surface area contributed by atoms with Crippen LogP contribution in [0, 0.1) is 17.8 Å². The highest BCUT2D eigenvalue weighted by Crippen LogP contribution is 2.36. The summed E-state index contributed by atoms with van der Waals surface area (Å²) in [7, 11) is 10.3. The Hall–Kier alpha value is -6.08. The van der Waals surface area contributed by atoms with E-state index in [4.69, 9.17) is 11.6 Å². The lowest BCUT2D eigenvalue weighted by Gasteiger charge is -2.49. The summed E-state index contributed by atoms with van der Waals surface area (Å²) in [5.74, 6) is -6.71. The Bertz CT molecular complexity index is 2770. The number of benzene rings is 1. The van der Waals surface area contributed by atoms with Crippen molar-refractivity contribution in [1.29, 1.82) is 0 Å². The van der Waals surface area contributed by atoms with Gasteiger partial charge in [0.2, 0.25) is 59.1 Å². The number of halogens is 4. The molecular weight excluding hydrogens is 1190 g/mol. The molecule has 1 aromatic carbocycles. The molecule has 0 bridgehead atoms. The van der Waals surface area contributed by atoms with Crippen LogP contribution in [0.5, 0.6) is 0 Å². The Labute approximate surface area is 535 Å². The van der Waals surface area contributed by atoms with Gasteiger partial charge in [-0.2, -0.15) is 13.2 Å². The third kappa shape index (κ3) is 17.1. The van der Waals surface area contributed by atoms with Crippen molar-refractivity contribution in [3.05, 3.63) is 34.3 Å². The first-order chi connectivity index (χ1) is 41.9. The molecule has 3 saturated heterocycles. The molecule has 12 atom stereocenters. The fourth-order valence-electron chi connectivity index (χ4n) is 12.8. The Kier molecular flexibility index (Phi) is 26.1. The van der Waals surface area contributed by atoms with E-state index in [0.717, 1.165) is 44.2 Å². The summed E-state index contributed by atoms with van der Waals surface area (Å²) in [6, 6.07) is -6.32. The van der Waals surface area contributed by atoms with E-state index >= 15 is 4.79 Å². The van der Waals surface area contributed by atoms with E-state index in [2.05, 4.69) is 10.6 Å². The molecular formula is C64H101ClF3N11O11. The molecule has 3 aliphatic heterocycles. The second kappa shape index (κ2) is 31.5. The minimum atomic E-state index is -4.74. The molecule has 0 aromatic heterocycles. The van der Waals surface area contributed by atoms with Gasteiger partial charge in [0.25, 0.3) is 0 Å². The Morgan fingerprint density at radius 2 is 1.31 bits per heavy atom. The van der Waals surface area contributed by atoms with E-state index in [1.807, 2.05) is 13.8 Å². The minimum Gasteiger partial charge on any atom is -0.376 e. The van der Waals surface area contributed by atoms with Crippen LogP contribution in [0.2, 0.25) is 5.02 Å². The standard InChI is InChI=1S/C64H101ClF3N11O11/c1-17-37(3)52-60(88)74(13)41(7)55(83)79-32-30-48(79)58(86)75(14)49(35-42-23-20-19-21-24-42)57(85)71(10)36-50(80)69-46(29-27-43-26-28-44(45(65)34-43)64(66,67)68)56(84)78-31-22-25-47(78)59(87)77(16)63(8,9)62(90)76(15)53(38(4)18-2)61(89)72(11)39(5)33-51(81)73(12)40(6)54(82)70-52/h26,28,34,37-42,46-49,52-53,58,86H,17-25,27,29-33,35-36H2,1-16H3,(H,69,80)(H,70,82)/t37?,38-,39+,40-,41-,46-,47-,48-,49-,52-,53-,58?/m0/s1. The molecule has 1 saturated carbocycles. The third-order valence-corrected chi connectivity index (χ3v) is 20.5. The Morgan fingerprint density at radius 1 is 0.689 bits per heavy atom. The summed E-state index contributed by atoms with van der Waals surface area (Å²) in [5, 5.41) is 17.3. The van der Waals surface area contributed by atoms with Crippen molar-refractivity contribution in [2.75, 3.05) is 69.0 Å². The van der Waals surface area contributed by atoms with Crippen LogP contribution in [-0.4, -0.2) is 243 Å². The summed E-state index contributed by atoms with van der Waals surface area (Å²) < 4.78 is 41.3. The van der Waals surface area contributed by atoms with Gasteiger partial charge in [-0.1, -0.05) is 90.3 Å². The zero-order valence-electron chi connectivity index (χ0n) is 55.8. The van der Waals surface area contributed by atoms with Gasteiger partial charge >= 0.3 is 6.18 Å². The van der Waals surface area contributed by atoms with Crippen molar-refractivity contribution < 1.29 is 66.2 Å². The maximum absolute atomic E-state index is 15.0. The number of fused-ring (bicyclic) bond motifs is 2. The van der Waals surface area contributed by atoms with Crippen LogP contribution >= 0.6 is 11.6 Å². The zero-order valence-corrected chi connectivity index (χ0v) is 56.6. The molecule has 2 unspecified atom stereocenters. The van der Waals surface area contributed by atoms with E-state index in [9.17, 15) is 61.4 Å². The first-order valence-electron chi connectivity index (χ1n) is 32.0. The predicted octanol–water partition coefficient (Wildman–Crippen LogP) is 5.00. The van der Waals surface area contributed by atoms with Gasteiger partial charge in [0.05, 0.1) is 29.2 Å². The molecule has 4 fully saturated rings. The Morgan fingerprint density at radius 3 is 1.88 bits per heavy atom. The van der Waals surface area contributed by atoms with Gasteiger partial charge in [0.15, 0.2) is 0 Å². The summed E-state index contributed by atoms with van der Waals surface area (Å²) in [6.07, 6.45) is -0.0112.